The van der Waals surface area contributed by atoms with Gasteiger partial charge in [0, 0.05) is 17.6 Å². The minimum absolute atomic E-state index is 0.274. The van der Waals surface area contributed by atoms with Crippen LogP contribution in [0.1, 0.15) is 24.4 Å². The van der Waals surface area contributed by atoms with Gasteiger partial charge in [0.25, 0.3) is 13.1 Å². The van der Waals surface area contributed by atoms with Gasteiger partial charge in [0.05, 0.1) is 26.4 Å². The zero-order valence-corrected chi connectivity index (χ0v) is 26.8. The number of ether oxygens (including phenoxy) is 2. The van der Waals surface area contributed by atoms with Crippen LogP contribution < -0.4 is 16.3 Å². The molecular weight excluding hydrogens is 662 g/mol. The number of phosphoric acid groups is 1. The van der Waals surface area contributed by atoms with Crippen LogP contribution in [0.4, 0.5) is 0 Å². The van der Waals surface area contributed by atoms with E-state index in [0.29, 0.717) is 22.2 Å². The van der Waals surface area contributed by atoms with Gasteiger partial charge < -0.3 is 29.1 Å². The molecule has 1 fully saturated rings. The summed E-state index contributed by atoms with van der Waals surface area (Å²) in [6.45, 7) is 0.184. The molecule has 2 aromatic heterocycles. The summed E-state index contributed by atoms with van der Waals surface area (Å²) in [5, 5.41) is 28.3. The van der Waals surface area contributed by atoms with E-state index >= 15 is 0 Å². The largest absolute Gasteiger partial charge is 0.478 e. The van der Waals surface area contributed by atoms with Crippen LogP contribution in [0.2, 0.25) is 0 Å². The van der Waals surface area contributed by atoms with E-state index in [0.717, 1.165) is 28.5 Å². The van der Waals surface area contributed by atoms with Crippen LogP contribution in [0, 0.1) is 0 Å². The molecule has 7 atom stereocenters. The van der Waals surface area contributed by atoms with E-state index in [4.69, 9.17) is 18.1 Å². The van der Waals surface area contributed by atoms with Gasteiger partial charge >= 0.3 is 19.5 Å². The molecule has 2 aromatic carbocycles. The van der Waals surface area contributed by atoms with E-state index in [-0.39, 0.29) is 6.54 Å². The Bertz CT molecular complexity index is 1950. The van der Waals surface area contributed by atoms with Crippen LogP contribution in [-0.2, 0) is 44.9 Å². The van der Waals surface area contributed by atoms with Crippen LogP contribution in [-0.4, -0.2) is 73.4 Å². The molecule has 4 unspecified atom stereocenters. The molecule has 0 spiro atoms. The summed E-state index contributed by atoms with van der Waals surface area (Å²) >= 11 is 0. The zero-order chi connectivity index (χ0) is 33.9. The molecule has 4 aromatic rings. The number of fused-ring (bicyclic) bond motifs is 1. The minimum atomic E-state index is -5.19. The molecule has 0 amide bonds. The van der Waals surface area contributed by atoms with Crippen LogP contribution in [0.25, 0.3) is 11.0 Å². The second-order valence-electron chi connectivity index (χ2n) is 10.6. The van der Waals surface area contributed by atoms with Crippen molar-refractivity contribution < 1.29 is 51.9 Å². The van der Waals surface area contributed by atoms with Gasteiger partial charge in [-0.3, -0.25) is 27.8 Å². The number of hydrogen-bond donors (Lipinski definition) is 4. The van der Waals surface area contributed by atoms with E-state index in [1.807, 2.05) is 0 Å². The molecule has 0 radical (unpaired) electrons. The highest BCUT2D eigenvalue weighted by Crippen LogP contribution is 2.62. The lowest BCUT2D eigenvalue weighted by molar-refractivity contribution is -0.142. The summed E-state index contributed by atoms with van der Waals surface area (Å²) in [5.41, 5.74) is -0.395. The number of nitrogens with zero attached hydrogens (tertiary/aromatic N) is 3. The molecule has 0 bridgehead atoms. The normalized spacial score (nSPS) is 22.8. The van der Waals surface area contributed by atoms with Crippen molar-refractivity contribution >= 4 is 32.3 Å². The van der Waals surface area contributed by atoms with Crippen molar-refractivity contribution in [3.05, 3.63) is 99.0 Å². The SMILES string of the molecule is COC(=O)C(C)NP(=O)(Cc1ccccc1)OP(=O)(O)OC[C@H]1O[C@@H](n2ccc(=O)n(Cc3noc4ccccc34)c2=O)C(O)[C@H]1O. The maximum absolute atomic E-state index is 13.7. The number of rotatable bonds is 13. The third kappa shape index (κ3) is 7.87. The van der Waals surface area contributed by atoms with E-state index < -0.39 is 75.9 Å². The fourth-order valence-electron chi connectivity index (χ4n) is 4.97. The van der Waals surface area contributed by atoms with Crippen molar-refractivity contribution in [1.29, 1.82) is 0 Å². The molecule has 1 aliphatic rings. The molecule has 1 saturated heterocycles. The lowest BCUT2D eigenvalue weighted by atomic mass is 10.1. The highest BCUT2D eigenvalue weighted by molar-refractivity contribution is 7.65. The Morgan fingerprint density at radius 1 is 1.06 bits per heavy atom. The highest BCUT2D eigenvalue weighted by Gasteiger charge is 2.46. The number of benzene rings is 2. The summed E-state index contributed by atoms with van der Waals surface area (Å²) in [6.07, 6.45) is -5.85. The number of phosphoric ester groups is 1. The second kappa shape index (κ2) is 14.2. The minimum Gasteiger partial charge on any atom is -0.468 e. The van der Waals surface area contributed by atoms with Gasteiger partial charge in [0.1, 0.15) is 30.0 Å². The van der Waals surface area contributed by atoms with Gasteiger partial charge in [-0.25, -0.2) is 18.8 Å². The van der Waals surface area contributed by atoms with Crippen LogP contribution in [0.5, 0.6) is 0 Å². The molecule has 1 aliphatic heterocycles. The van der Waals surface area contributed by atoms with Crippen molar-refractivity contribution in [1.82, 2.24) is 19.4 Å². The van der Waals surface area contributed by atoms with Crippen LogP contribution in [0.15, 0.2) is 81.0 Å². The number of carbonyl (C=O) groups excluding carboxylic acids is 1. The van der Waals surface area contributed by atoms with E-state index in [2.05, 4.69) is 15.0 Å². The zero-order valence-electron chi connectivity index (χ0n) is 25.0. The predicted octanol–water partition coefficient (Wildman–Crippen LogP) is 1.50. The number of nitrogens with one attached hydrogen (secondary N) is 1. The maximum atomic E-state index is 13.7. The van der Waals surface area contributed by atoms with Gasteiger partial charge in [-0.15, -0.1) is 0 Å². The third-order valence-electron chi connectivity index (χ3n) is 7.28. The Kier molecular flexibility index (Phi) is 10.4. The monoisotopic (exact) mass is 694 g/mol. The third-order valence-corrected chi connectivity index (χ3v) is 11.2. The molecule has 47 heavy (non-hydrogen) atoms. The number of para-hydroxylation sites is 1. The van der Waals surface area contributed by atoms with Gasteiger partial charge in [-0.2, -0.15) is 0 Å². The Labute approximate surface area is 266 Å². The van der Waals surface area contributed by atoms with Crippen molar-refractivity contribution in [3.8, 4) is 0 Å². The highest BCUT2D eigenvalue weighted by atomic mass is 31.3. The summed E-state index contributed by atoms with van der Waals surface area (Å²) in [7, 11) is -8.41. The van der Waals surface area contributed by atoms with Gasteiger partial charge in [0.2, 0.25) is 0 Å². The molecule has 252 valence electrons. The molecule has 0 saturated carbocycles. The fourth-order valence-corrected chi connectivity index (χ4v) is 8.73. The molecular formula is C28H32N4O13P2. The molecule has 17 nitrogen and oxygen atoms in total. The van der Waals surface area contributed by atoms with Crippen molar-refractivity contribution in [3.63, 3.8) is 0 Å². The Morgan fingerprint density at radius 2 is 1.77 bits per heavy atom. The molecule has 19 heteroatoms. The first-order valence-electron chi connectivity index (χ1n) is 14.1. The number of aromatic nitrogens is 3. The quantitative estimate of drug-likeness (QED) is 0.115. The van der Waals surface area contributed by atoms with Crippen molar-refractivity contribution in [2.24, 2.45) is 0 Å². The summed E-state index contributed by atoms with van der Waals surface area (Å²) in [5.74, 6) is -0.811. The molecule has 0 aliphatic carbocycles. The first-order chi connectivity index (χ1) is 22.3. The van der Waals surface area contributed by atoms with E-state index in [1.165, 1.54) is 6.92 Å². The number of esters is 1. The lowest BCUT2D eigenvalue weighted by Crippen LogP contribution is -2.43. The predicted molar refractivity (Wildman–Crippen MR) is 163 cm³/mol. The average Bonchev–Trinajstić information content (AvgIpc) is 3.57. The maximum Gasteiger partial charge on any atom is 0.478 e. The number of carbonyl (C=O) groups is 1. The van der Waals surface area contributed by atoms with Crippen LogP contribution >= 0.6 is 15.3 Å². The number of hydrogen-bond acceptors (Lipinski definition) is 13. The van der Waals surface area contributed by atoms with Crippen molar-refractivity contribution in [2.45, 2.75) is 50.2 Å². The van der Waals surface area contributed by atoms with E-state index in [9.17, 15) is 38.6 Å². The summed E-state index contributed by atoms with van der Waals surface area (Å²) < 4.78 is 54.0. The average molecular weight is 695 g/mol. The van der Waals surface area contributed by atoms with Gasteiger partial charge in [-0.1, -0.05) is 47.6 Å². The first-order valence-corrected chi connectivity index (χ1v) is 17.5. The molecule has 5 rings (SSSR count). The second-order valence-corrected chi connectivity index (χ2v) is 14.4. The Hall–Kier alpha value is -3.76. The number of aliphatic hydroxyl groups is 2. The van der Waals surface area contributed by atoms with Gasteiger partial charge in [0.15, 0.2) is 11.8 Å². The van der Waals surface area contributed by atoms with Crippen LogP contribution in [0.3, 0.4) is 0 Å². The topological polar surface area (TPSA) is 231 Å². The number of aliphatic hydroxyl groups excluding tert-OH is 2. The standard InChI is InChI=1S/C28H32N4O13P2/c1-17(27(36)41-2)30-46(38,16-18-8-4-3-5-9-18)45-47(39,40)42-15-22-24(34)25(35)26(43-22)31-13-12-23(33)32(28(31)37)14-20-19-10-6-7-11-21(19)44-29-20/h3-13,17,22,24-26,34-35H,14-16H2,1-2H3,(H,30,38)(H,39,40)/t17?,22-,24+,25?,26-,46?/m1/s1. The Balaban J connectivity index is 1.30. The van der Waals surface area contributed by atoms with E-state index in [1.54, 1.807) is 54.6 Å². The molecule has 4 N–H and O–H groups in total. The van der Waals surface area contributed by atoms with Crippen molar-refractivity contribution in [2.75, 3.05) is 13.7 Å². The lowest BCUT2D eigenvalue weighted by Gasteiger charge is -2.25. The fraction of sp³-hybridized carbons (Fsp3) is 0.357. The van der Waals surface area contributed by atoms with Gasteiger partial charge in [-0.05, 0) is 24.6 Å². The summed E-state index contributed by atoms with van der Waals surface area (Å²) in [6, 6.07) is 14.9. The molecule has 3 heterocycles. The summed E-state index contributed by atoms with van der Waals surface area (Å²) in [4.78, 5) is 48.5. The number of methoxy groups -OCH3 is 1. The first kappa shape index (κ1) is 34.6. The smallest absolute Gasteiger partial charge is 0.468 e. The Morgan fingerprint density at radius 3 is 2.49 bits per heavy atom.